The van der Waals surface area contributed by atoms with Gasteiger partial charge in [-0.3, -0.25) is 10.1 Å². The highest BCUT2D eigenvalue weighted by atomic mass is 19.1. The first-order valence-corrected chi connectivity index (χ1v) is 9.48. The smallest absolute Gasteiger partial charge is 0.410 e. The number of benzene rings is 2. The molecule has 3 amide bonds. The lowest BCUT2D eigenvalue weighted by atomic mass is 10.0. The Morgan fingerprint density at radius 2 is 1.87 bits per heavy atom. The Hall–Kier alpha value is -3.69. The number of amides is 3. The third kappa shape index (κ3) is 3.88. The Morgan fingerprint density at radius 1 is 1.17 bits per heavy atom. The number of piperidine rings is 1. The van der Waals surface area contributed by atoms with Crippen molar-refractivity contribution in [3.05, 3.63) is 64.0 Å². The molecule has 1 saturated heterocycles. The number of non-ortho nitro benzene ring substituents is 1. The number of halogens is 1. The van der Waals surface area contributed by atoms with Crippen LogP contribution >= 0.6 is 0 Å². The number of hydrogen-bond acceptors (Lipinski definition) is 5. The molecule has 9 nitrogen and oxygen atoms in total. The maximum atomic E-state index is 13.9. The van der Waals surface area contributed by atoms with Crippen LogP contribution in [0.15, 0.2) is 42.5 Å². The van der Waals surface area contributed by atoms with Crippen molar-refractivity contribution in [2.45, 2.75) is 25.4 Å². The largest absolute Gasteiger partial charge is 0.415 e. The Bertz CT molecular complexity index is 989. The van der Waals surface area contributed by atoms with Crippen molar-refractivity contribution in [3.8, 4) is 5.75 Å². The summed E-state index contributed by atoms with van der Waals surface area (Å²) in [5.74, 6) is -0.230. The maximum Gasteiger partial charge on any atom is 0.415 e. The van der Waals surface area contributed by atoms with E-state index in [4.69, 9.17) is 4.74 Å². The highest BCUT2D eigenvalue weighted by Crippen LogP contribution is 2.30. The summed E-state index contributed by atoms with van der Waals surface area (Å²) in [7, 11) is 0. The van der Waals surface area contributed by atoms with Crippen LogP contribution in [0.1, 0.15) is 18.4 Å². The lowest BCUT2D eigenvalue weighted by Crippen LogP contribution is -2.51. The molecule has 1 N–H and O–H groups in total. The summed E-state index contributed by atoms with van der Waals surface area (Å²) >= 11 is 0. The highest BCUT2D eigenvalue weighted by Gasteiger charge is 2.33. The van der Waals surface area contributed by atoms with Crippen molar-refractivity contribution < 1.29 is 23.6 Å². The van der Waals surface area contributed by atoms with Crippen LogP contribution in [0.3, 0.4) is 0 Å². The quantitative estimate of drug-likeness (QED) is 0.608. The Balaban J connectivity index is 1.34. The third-order valence-electron chi connectivity index (χ3n) is 5.35. The molecular formula is C20H19FN4O5. The van der Waals surface area contributed by atoms with E-state index in [2.05, 4.69) is 5.32 Å². The molecule has 156 valence electrons. The molecule has 0 unspecified atom stereocenters. The third-order valence-corrected chi connectivity index (χ3v) is 5.35. The molecular weight excluding hydrogens is 395 g/mol. The van der Waals surface area contributed by atoms with Crippen molar-refractivity contribution in [2.75, 3.05) is 18.4 Å². The fraction of sp³-hybridized carbons (Fsp3) is 0.300. The van der Waals surface area contributed by atoms with Crippen LogP contribution in [0.5, 0.6) is 5.75 Å². The molecule has 2 aliphatic heterocycles. The Morgan fingerprint density at radius 3 is 2.53 bits per heavy atom. The normalized spacial score (nSPS) is 16.6. The molecule has 0 aliphatic carbocycles. The number of nitrogens with zero attached hydrogens (tertiary/aromatic N) is 3. The number of ether oxygens (including phenoxy) is 1. The fourth-order valence-electron chi connectivity index (χ4n) is 3.73. The molecule has 0 aromatic heterocycles. The minimum absolute atomic E-state index is 0.0788. The van der Waals surface area contributed by atoms with Crippen molar-refractivity contribution in [1.82, 2.24) is 9.80 Å². The van der Waals surface area contributed by atoms with E-state index in [0.29, 0.717) is 32.5 Å². The Labute approximate surface area is 171 Å². The number of carbonyl (C=O) groups excluding carboxylic acids is 2. The summed E-state index contributed by atoms with van der Waals surface area (Å²) in [6.07, 6.45) is 0.582. The minimum Gasteiger partial charge on any atom is -0.410 e. The zero-order valence-corrected chi connectivity index (χ0v) is 15.9. The number of likely N-dealkylation sites (tertiary alicyclic amines) is 1. The van der Waals surface area contributed by atoms with Gasteiger partial charge in [0.05, 0.1) is 10.6 Å². The topological polar surface area (TPSA) is 105 Å². The second-order valence-electron chi connectivity index (χ2n) is 7.17. The molecule has 0 atom stereocenters. The second-order valence-corrected chi connectivity index (χ2v) is 7.17. The molecule has 10 heteroatoms. The van der Waals surface area contributed by atoms with E-state index >= 15 is 0 Å². The average Bonchev–Trinajstić information content (AvgIpc) is 2.74. The highest BCUT2D eigenvalue weighted by molar-refractivity contribution is 5.92. The van der Waals surface area contributed by atoms with Gasteiger partial charge in [0.25, 0.3) is 5.69 Å². The predicted molar refractivity (Wildman–Crippen MR) is 105 cm³/mol. The molecule has 0 spiro atoms. The number of para-hydroxylation sites is 1. The molecule has 0 radical (unpaired) electrons. The molecule has 1 fully saturated rings. The molecule has 2 heterocycles. The van der Waals surface area contributed by atoms with E-state index in [1.165, 1.54) is 35.2 Å². The molecule has 2 aromatic rings. The van der Waals surface area contributed by atoms with Gasteiger partial charge < -0.3 is 19.9 Å². The summed E-state index contributed by atoms with van der Waals surface area (Å²) in [6.45, 7) is 1.11. The summed E-state index contributed by atoms with van der Waals surface area (Å²) in [4.78, 5) is 38.2. The summed E-state index contributed by atoms with van der Waals surface area (Å²) < 4.78 is 19.1. The van der Waals surface area contributed by atoms with Gasteiger partial charge in [0, 0.05) is 37.8 Å². The van der Waals surface area contributed by atoms with Crippen LogP contribution in [0.25, 0.3) is 0 Å². The van der Waals surface area contributed by atoms with E-state index < -0.39 is 16.8 Å². The van der Waals surface area contributed by atoms with Gasteiger partial charge in [0.15, 0.2) is 0 Å². The molecule has 30 heavy (non-hydrogen) atoms. The zero-order chi connectivity index (χ0) is 21.3. The number of nitrogens with one attached hydrogen (secondary N) is 1. The molecule has 0 saturated carbocycles. The molecule has 2 aliphatic rings. The first-order valence-electron chi connectivity index (χ1n) is 9.48. The maximum absolute atomic E-state index is 13.9. The van der Waals surface area contributed by atoms with Gasteiger partial charge >= 0.3 is 12.1 Å². The zero-order valence-electron chi connectivity index (χ0n) is 15.9. The first kappa shape index (κ1) is 19.6. The number of fused-ring (bicyclic) bond motifs is 1. The lowest BCUT2D eigenvalue weighted by molar-refractivity contribution is -0.384. The molecule has 2 aromatic carbocycles. The number of anilines is 1. The van der Waals surface area contributed by atoms with Gasteiger partial charge in [0.1, 0.15) is 11.6 Å². The van der Waals surface area contributed by atoms with Crippen molar-refractivity contribution >= 4 is 23.5 Å². The SMILES string of the molecule is O=C(Oc1ccc([N+](=O)[O-])cc1)N1CCC(N2Cc3cccc(F)c3NC2=O)CC1. The molecule has 4 rings (SSSR count). The number of urea groups is 1. The summed E-state index contributed by atoms with van der Waals surface area (Å²) in [6, 6.07) is 9.56. The summed E-state index contributed by atoms with van der Waals surface area (Å²) in [5.41, 5.74) is 0.856. The van der Waals surface area contributed by atoms with E-state index in [1.807, 2.05) is 0 Å². The van der Waals surface area contributed by atoms with E-state index in [-0.39, 0.29) is 29.2 Å². The van der Waals surface area contributed by atoms with Crippen LogP contribution in [-0.2, 0) is 6.54 Å². The monoisotopic (exact) mass is 414 g/mol. The van der Waals surface area contributed by atoms with Gasteiger partial charge in [-0.25, -0.2) is 14.0 Å². The van der Waals surface area contributed by atoms with Crippen molar-refractivity contribution in [3.63, 3.8) is 0 Å². The van der Waals surface area contributed by atoms with Crippen molar-refractivity contribution in [2.24, 2.45) is 0 Å². The predicted octanol–water partition coefficient (Wildman–Crippen LogP) is 3.74. The van der Waals surface area contributed by atoms with Crippen LogP contribution in [0.2, 0.25) is 0 Å². The van der Waals surface area contributed by atoms with Crippen LogP contribution in [-0.4, -0.2) is 46.0 Å². The van der Waals surface area contributed by atoms with Gasteiger partial charge in [-0.1, -0.05) is 12.1 Å². The van der Waals surface area contributed by atoms with Crippen LogP contribution < -0.4 is 10.1 Å². The van der Waals surface area contributed by atoms with Gasteiger partial charge in [0.2, 0.25) is 0 Å². The van der Waals surface area contributed by atoms with Gasteiger partial charge in [-0.15, -0.1) is 0 Å². The number of carbonyl (C=O) groups is 2. The average molecular weight is 414 g/mol. The number of hydrogen-bond donors (Lipinski definition) is 1. The number of rotatable bonds is 3. The first-order chi connectivity index (χ1) is 14.4. The lowest BCUT2D eigenvalue weighted by Gasteiger charge is -2.40. The van der Waals surface area contributed by atoms with Crippen LogP contribution in [0, 0.1) is 15.9 Å². The standard InChI is InChI=1S/C20H19FN4O5/c21-17-3-1-2-13-12-24(19(26)22-18(13)17)14-8-10-23(11-9-14)20(27)30-16-6-4-15(5-7-16)25(28)29/h1-7,14H,8-12H2,(H,22,26). The van der Waals surface area contributed by atoms with Crippen molar-refractivity contribution in [1.29, 1.82) is 0 Å². The number of nitro groups is 1. The van der Waals surface area contributed by atoms with Gasteiger partial charge in [-0.2, -0.15) is 0 Å². The van der Waals surface area contributed by atoms with E-state index in [0.717, 1.165) is 5.56 Å². The van der Waals surface area contributed by atoms with Crippen LogP contribution in [0.4, 0.5) is 25.4 Å². The van der Waals surface area contributed by atoms with Gasteiger partial charge in [-0.05, 0) is 36.6 Å². The minimum atomic E-state index is -0.544. The summed E-state index contributed by atoms with van der Waals surface area (Å²) in [5, 5.41) is 13.3. The Kier molecular flexibility index (Phi) is 5.21. The van der Waals surface area contributed by atoms with E-state index in [9.17, 15) is 24.1 Å². The van der Waals surface area contributed by atoms with E-state index in [1.54, 1.807) is 17.0 Å². The molecule has 0 bridgehead atoms. The number of nitro benzene ring substituents is 1. The second kappa shape index (κ2) is 7.97. The fourth-order valence-corrected chi connectivity index (χ4v) is 3.73.